The van der Waals surface area contributed by atoms with Gasteiger partial charge in [0.1, 0.15) is 0 Å². The summed E-state index contributed by atoms with van der Waals surface area (Å²) in [5, 5.41) is 3.02. The van der Waals surface area contributed by atoms with Crippen molar-refractivity contribution in [2.24, 2.45) is 0 Å². The standard InChI is InChI=1S/C20H25ClN2O3S2/c1-5-23(6-2)28(25,26)16-9-10-17(21)18(12-16)22-20(24)13-27-19-11-14(3)7-8-15(19)4/h7-12H,5-6,13H2,1-4H3,(H,22,24). The van der Waals surface area contributed by atoms with E-state index in [-0.39, 0.29) is 16.6 Å². The predicted molar refractivity (Wildman–Crippen MR) is 117 cm³/mol. The molecular formula is C20H25ClN2O3S2. The number of aryl methyl sites for hydroxylation is 2. The first kappa shape index (κ1) is 22.7. The smallest absolute Gasteiger partial charge is 0.243 e. The van der Waals surface area contributed by atoms with Crippen LogP contribution < -0.4 is 5.32 Å². The van der Waals surface area contributed by atoms with Gasteiger partial charge in [0, 0.05) is 18.0 Å². The summed E-state index contributed by atoms with van der Waals surface area (Å²) < 4.78 is 26.7. The summed E-state index contributed by atoms with van der Waals surface area (Å²) in [5.41, 5.74) is 2.53. The summed E-state index contributed by atoms with van der Waals surface area (Å²) in [4.78, 5) is 13.5. The predicted octanol–water partition coefficient (Wildman–Crippen LogP) is 4.72. The van der Waals surface area contributed by atoms with Crippen LogP contribution in [0.4, 0.5) is 5.69 Å². The van der Waals surface area contributed by atoms with Crippen LogP contribution in [0.1, 0.15) is 25.0 Å². The number of nitrogens with zero attached hydrogens (tertiary/aromatic N) is 1. The van der Waals surface area contributed by atoms with Crippen LogP contribution in [0.25, 0.3) is 0 Å². The molecule has 0 aliphatic rings. The number of halogens is 1. The molecule has 0 fully saturated rings. The molecule has 0 unspecified atom stereocenters. The quantitative estimate of drug-likeness (QED) is 0.603. The topological polar surface area (TPSA) is 66.5 Å². The van der Waals surface area contributed by atoms with Crippen LogP contribution in [0.5, 0.6) is 0 Å². The number of carbonyl (C=O) groups is 1. The van der Waals surface area contributed by atoms with Crippen LogP contribution in [0.3, 0.4) is 0 Å². The average Bonchev–Trinajstić information content (AvgIpc) is 2.65. The molecule has 0 aliphatic heterocycles. The maximum Gasteiger partial charge on any atom is 0.243 e. The number of sulfonamides is 1. The fourth-order valence-corrected chi connectivity index (χ4v) is 5.24. The van der Waals surface area contributed by atoms with Gasteiger partial charge in [-0.2, -0.15) is 4.31 Å². The van der Waals surface area contributed by atoms with Crippen molar-refractivity contribution in [3.05, 3.63) is 52.5 Å². The van der Waals surface area contributed by atoms with Gasteiger partial charge in [0.15, 0.2) is 0 Å². The van der Waals surface area contributed by atoms with Gasteiger partial charge in [-0.1, -0.05) is 43.1 Å². The van der Waals surface area contributed by atoms with Gasteiger partial charge in [-0.3, -0.25) is 4.79 Å². The minimum atomic E-state index is -3.62. The van der Waals surface area contributed by atoms with E-state index in [4.69, 9.17) is 11.6 Å². The highest BCUT2D eigenvalue weighted by atomic mass is 35.5. The Bertz CT molecular complexity index is 958. The van der Waals surface area contributed by atoms with Crippen molar-refractivity contribution in [1.82, 2.24) is 4.31 Å². The highest BCUT2D eigenvalue weighted by Crippen LogP contribution is 2.28. The van der Waals surface area contributed by atoms with Gasteiger partial charge in [-0.05, 0) is 43.7 Å². The minimum Gasteiger partial charge on any atom is -0.324 e. The summed E-state index contributed by atoms with van der Waals surface area (Å²) in [7, 11) is -3.62. The van der Waals surface area contributed by atoms with Crippen LogP contribution in [-0.4, -0.2) is 37.5 Å². The number of thioether (sulfide) groups is 1. The summed E-state index contributed by atoms with van der Waals surface area (Å²) >= 11 is 7.61. The van der Waals surface area contributed by atoms with E-state index in [0.717, 1.165) is 16.0 Å². The van der Waals surface area contributed by atoms with Gasteiger partial charge < -0.3 is 5.32 Å². The van der Waals surface area contributed by atoms with Gasteiger partial charge >= 0.3 is 0 Å². The zero-order valence-electron chi connectivity index (χ0n) is 16.5. The Labute approximate surface area is 176 Å². The molecule has 0 aliphatic carbocycles. The molecule has 152 valence electrons. The molecule has 0 bridgehead atoms. The zero-order valence-corrected chi connectivity index (χ0v) is 18.8. The summed E-state index contributed by atoms with van der Waals surface area (Å²) in [6, 6.07) is 10.4. The lowest BCUT2D eigenvalue weighted by molar-refractivity contribution is -0.113. The van der Waals surface area contributed by atoms with E-state index in [1.807, 2.05) is 32.0 Å². The van der Waals surface area contributed by atoms with Gasteiger partial charge in [0.25, 0.3) is 0 Å². The van der Waals surface area contributed by atoms with Crippen molar-refractivity contribution in [2.75, 3.05) is 24.2 Å². The third-order valence-electron chi connectivity index (χ3n) is 4.26. The second-order valence-electron chi connectivity index (χ2n) is 6.34. The Morgan fingerprint density at radius 3 is 2.43 bits per heavy atom. The van der Waals surface area contributed by atoms with Crippen molar-refractivity contribution in [2.45, 2.75) is 37.5 Å². The zero-order chi connectivity index (χ0) is 20.9. The van der Waals surface area contributed by atoms with E-state index in [0.29, 0.717) is 23.8 Å². The highest BCUT2D eigenvalue weighted by Gasteiger charge is 2.22. The number of nitrogens with one attached hydrogen (secondary N) is 1. The van der Waals surface area contributed by atoms with Gasteiger partial charge in [0.05, 0.1) is 21.4 Å². The number of hydrogen-bond acceptors (Lipinski definition) is 4. The van der Waals surface area contributed by atoms with Crippen molar-refractivity contribution < 1.29 is 13.2 Å². The normalized spacial score (nSPS) is 11.6. The fraction of sp³-hybridized carbons (Fsp3) is 0.350. The molecule has 0 radical (unpaired) electrons. The first-order chi connectivity index (χ1) is 13.2. The average molecular weight is 441 g/mol. The summed E-state index contributed by atoms with van der Waals surface area (Å²) in [5.74, 6) is -0.0432. The molecule has 2 aromatic carbocycles. The van der Waals surface area contributed by atoms with Crippen molar-refractivity contribution in [3.8, 4) is 0 Å². The van der Waals surface area contributed by atoms with Gasteiger partial charge in [-0.15, -0.1) is 11.8 Å². The van der Waals surface area contributed by atoms with Crippen LogP contribution in [0, 0.1) is 13.8 Å². The molecule has 2 aromatic rings. The van der Waals surface area contributed by atoms with Crippen LogP contribution >= 0.6 is 23.4 Å². The molecule has 0 spiro atoms. The summed E-state index contributed by atoms with van der Waals surface area (Å²) in [6.45, 7) is 8.31. The molecule has 0 saturated carbocycles. The van der Waals surface area contributed by atoms with E-state index in [1.54, 1.807) is 13.8 Å². The molecular weight excluding hydrogens is 416 g/mol. The highest BCUT2D eigenvalue weighted by molar-refractivity contribution is 8.00. The Balaban J connectivity index is 2.15. The third kappa shape index (κ3) is 5.50. The molecule has 1 N–H and O–H groups in total. The number of benzene rings is 2. The van der Waals surface area contributed by atoms with Crippen LogP contribution in [0.2, 0.25) is 5.02 Å². The lowest BCUT2D eigenvalue weighted by atomic mass is 10.2. The maximum atomic E-state index is 12.7. The van der Waals surface area contributed by atoms with Crippen LogP contribution in [0.15, 0.2) is 46.2 Å². The minimum absolute atomic E-state index is 0.109. The number of rotatable bonds is 8. The molecule has 8 heteroatoms. The molecule has 5 nitrogen and oxygen atoms in total. The number of carbonyl (C=O) groups excluding carboxylic acids is 1. The molecule has 0 heterocycles. The molecule has 28 heavy (non-hydrogen) atoms. The second kappa shape index (κ2) is 9.78. The van der Waals surface area contributed by atoms with E-state index in [9.17, 15) is 13.2 Å². The lowest BCUT2D eigenvalue weighted by Crippen LogP contribution is -2.30. The van der Waals surface area contributed by atoms with Crippen molar-refractivity contribution >= 4 is 45.0 Å². The lowest BCUT2D eigenvalue weighted by Gasteiger charge is -2.19. The summed E-state index contributed by atoms with van der Waals surface area (Å²) in [6.07, 6.45) is 0. The van der Waals surface area contributed by atoms with Gasteiger partial charge in [-0.25, -0.2) is 8.42 Å². The molecule has 0 aromatic heterocycles. The SMILES string of the molecule is CCN(CC)S(=O)(=O)c1ccc(Cl)c(NC(=O)CSc2cc(C)ccc2C)c1. The largest absolute Gasteiger partial charge is 0.324 e. The maximum absolute atomic E-state index is 12.7. The van der Waals surface area contributed by atoms with Crippen molar-refractivity contribution in [3.63, 3.8) is 0 Å². The van der Waals surface area contributed by atoms with E-state index in [2.05, 4.69) is 5.32 Å². The first-order valence-corrected chi connectivity index (χ1v) is 11.8. The Hall–Kier alpha value is -1.54. The van der Waals surface area contributed by atoms with Gasteiger partial charge in [0.2, 0.25) is 15.9 Å². The number of amides is 1. The van der Waals surface area contributed by atoms with Crippen LogP contribution in [-0.2, 0) is 14.8 Å². The number of hydrogen-bond donors (Lipinski definition) is 1. The Morgan fingerprint density at radius 2 is 1.79 bits per heavy atom. The Kier molecular flexibility index (Phi) is 7.95. The van der Waals surface area contributed by atoms with E-state index in [1.165, 1.54) is 34.3 Å². The van der Waals surface area contributed by atoms with Crippen molar-refractivity contribution in [1.29, 1.82) is 0 Å². The molecule has 0 atom stereocenters. The molecule has 1 amide bonds. The Morgan fingerprint density at radius 1 is 1.11 bits per heavy atom. The molecule has 2 rings (SSSR count). The number of anilines is 1. The monoisotopic (exact) mass is 440 g/mol. The second-order valence-corrected chi connectivity index (χ2v) is 9.70. The third-order valence-corrected chi connectivity index (χ3v) is 7.79. The van der Waals surface area contributed by atoms with E-state index >= 15 is 0 Å². The molecule has 0 saturated heterocycles. The fourth-order valence-electron chi connectivity index (χ4n) is 2.67. The van der Waals surface area contributed by atoms with E-state index < -0.39 is 10.0 Å². The first-order valence-electron chi connectivity index (χ1n) is 8.98.